The predicted molar refractivity (Wildman–Crippen MR) is 96.4 cm³/mol. The molecule has 0 fully saturated rings. The summed E-state index contributed by atoms with van der Waals surface area (Å²) in [6.07, 6.45) is 2.68. The van der Waals surface area contributed by atoms with Gasteiger partial charge in [-0.15, -0.1) is 0 Å². The number of aliphatic hydroxyl groups is 2. The zero-order chi connectivity index (χ0) is 17.7. The molecule has 0 bridgehead atoms. The molecule has 24 heavy (non-hydrogen) atoms. The Balaban J connectivity index is 2.07. The highest BCUT2D eigenvalue weighted by molar-refractivity contribution is 5.33. The van der Waals surface area contributed by atoms with E-state index in [1.165, 1.54) is 0 Å². The van der Waals surface area contributed by atoms with E-state index in [1.54, 1.807) is 6.20 Å². The van der Waals surface area contributed by atoms with Crippen LogP contribution < -0.4 is 5.32 Å². The number of rotatable bonds is 8. The first-order chi connectivity index (χ1) is 11.5. The van der Waals surface area contributed by atoms with Gasteiger partial charge in [-0.3, -0.25) is 0 Å². The topological polar surface area (TPSA) is 70.3 Å². The molecule has 0 aliphatic rings. The van der Waals surface area contributed by atoms with Gasteiger partial charge in [0.2, 0.25) is 0 Å². The van der Waals surface area contributed by atoms with Gasteiger partial charge in [0, 0.05) is 29.7 Å². The molecule has 5 heteroatoms. The van der Waals surface area contributed by atoms with Crippen molar-refractivity contribution in [3.05, 3.63) is 47.4 Å². The molecule has 0 amide bonds. The van der Waals surface area contributed by atoms with Gasteiger partial charge in [0.15, 0.2) is 0 Å². The number of nitrogens with one attached hydrogen (secondary N) is 1. The van der Waals surface area contributed by atoms with Crippen molar-refractivity contribution in [2.75, 3.05) is 6.61 Å². The average Bonchev–Trinajstić information content (AvgIpc) is 2.92. The van der Waals surface area contributed by atoms with Crippen LogP contribution in [0, 0.1) is 13.8 Å². The maximum atomic E-state index is 10.5. The largest absolute Gasteiger partial charge is 0.395 e. The Morgan fingerprint density at radius 2 is 1.83 bits per heavy atom. The van der Waals surface area contributed by atoms with Crippen molar-refractivity contribution < 1.29 is 10.2 Å². The summed E-state index contributed by atoms with van der Waals surface area (Å²) < 4.78 is 2.09. The molecule has 0 aromatic carbocycles. The fraction of sp³-hybridized carbons (Fsp3) is 0.526. The van der Waals surface area contributed by atoms with Gasteiger partial charge in [-0.1, -0.05) is 13.0 Å². The van der Waals surface area contributed by atoms with Crippen LogP contribution in [0.25, 0.3) is 5.82 Å². The molecule has 5 nitrogen and oxygen atoms in total. The quantitative estimate of drug-likeness (QED) is 0.695. The van der Waals surface area contributed by atoms with E-state index in [0.29, 0.717) is 6.42 Å². The van der Waals surface area contributed by atoms with Gasteiger partial charge in [-0.25, -0.2) is 4.98 Å². The van der Waals surface area contributed by atoms with Gasteiger partial charge in [0.1, 0.15) is 5.82 Å². The molecule has 0 aliphatic heterocycles. The van der Waals surface area contributed by atoms with Crippen molar-refractivity contribution in [1.29, 1.82) is 0 Å². The number of aliphatic hydroxyl groups excluding tert-OH is 2. The van der Waals surface area contributed by atoms with Crippen LogP contribution in [0.2, 0.25) is 0 Å². The number of nitrogens with zero attached hydrogens (tertiary/aromatic N) is 2. The smallest absolute Gasteiger partial charge is 0.136 e. The first kappa shape index (κ1) is 18.6. The van der Waals surface area contributed by atoms with Crippen molar-refractivity contribution in [1.82, 2.24) is 14.9 Å². The second-order valence-corrected chi connectivity index (χ2v) is 6.51. The Labute approximate surface area is 144 Å². The van der Waals surface area contributed by atoms with Gasteiger partial charge in [-0.2, -0.15) is 0 Å². The van der Waals surface area contributed by atoms with Gasteiger partial charge in [0.25, 0.3) is 0 Å². The molecule has 0 spiro atoms. The maximum Gasteiger partial charge on any atom is 0.136 e. The van der Waals surface area contributed by atoms with Crippen LogP contribution in [0.15, 0.2) is 30.5 Å². The molecular formula is C19H29N3O2. The molecule has 3 N–H and O–H groups in total. The summed E-state index contributed by atoms with van der Waals surface area (Å²) in [6.45, 7) is 8.22. The highest BCUT2D eigenvalue weighted by atomic mass is 16.3. The van der Waals surface area contributed by atoms with Crippen LogP contribution in [0.4, 0.5) is 0 Å². The molecule has 0 radical (unpaired) electrons. The van der Waals surface area contributed by atoms with Gasteiger partial charge < -0.3 is 20.1 Å². The van der Waals surface area contributed by atoms with Crippen LogP contribution in [0.3, 0.4) is 0 Å². The van der Waals surface area contributed by atoms with Crippen molar-refractivity contribution in [2.24, 2.45) is 0 Å². The Morgan fingerprint density at radius 3 is 2.33 bits per heavy atom. The summed E-state index contributed by atoms with van der Waals surface area (Å²) in [7, 11) is 0. The Bertz CT molecular complexity index is 617. The average molecular weight is 331 g/mol. The van der Waals surface area contributed by atoms with Crippen molar-refractivity contribution >= 4 is 0 Å². The number of pyridine rings is 1. The van der Waals surface area contributed by atoms with Crippen LogP contribution in [-0.2, 0) is 0 Å². The summed E-state index contributed by atoms with van der Waals surface area (Å²) in [4.78, 5) is 4.52. The minimum atomic E-state index is -0.568. The fourth-order valence-corrected chi connectivity index (χ4v) is 2.97. The SMILES string of the molecule is CCC(CC(O)c1ccc(-n2c(C)ccc2C)nc1)N[C@@H](C)CO. The van der Waals surface area contributed by atoms with Crippen molar-refractivity contribution in [2.45, 2.75) is 58.7 Å². The fourth-order valence-electron chi connectivity index (χ4n) is 2.97. The lowest BCUT2D eigenvalue weighted by Gasteiger charge is -2.23. The third-order valence-electron chi connectivity index (χ3n) is 4.45. The second-order valence-electron chi connectivity index (χ2n) is 6.51. The number of aromatic nitrogens is 2. The van der Waals surface area contributed by atoms with Crippen LogP contribution in [0.5, 0.6) is 0 Å². The minimum absolute atomic E-state index is 0.0299. The van der Waals surface area contributed by atoms with Crippen molar-refractivity contribution in [3.63, 3.8) is 0 Å². The van der Waals surface area contributed by atoms with E-state index in [0.717, 1.165) is 29.2 Å². The standard InChI is InChI=1S/C19H29N3O2/c1-5-17(21-13(2)12-23)10-18(24)16-8-9-19(20-11-16)22-14(3)6-7-15(22)4/h6-9,11,13,17-18,21,23-24H,5,10,12H2,1-4H3/t13-,17?,18?/m0/s1. The molecule has 0 saturated carbocycles. The molecule has 2 unspecified atom stereocenters. The zero-order valence-corrected chi connectivity index (χ0v) is 15.0. The van der Waals surface area contributed by atoms with Crippen LogP contribution >= 0.6 is 0 Å². The van der Waals surface area contributed by atoms with Crippen LogP contribution in [0.1, 0.15) is 49.7 Å². The first-order valence-corrected chi connectivity index (χ1v) is 8.62. The molecule has 0 saturated heterocycles. The lowest BCUT2D eigenvalue weighted by Crippen LogP contribution is -2.39. The van der Waals surface area contributed by atoms with Gasteiger partial charge in [-0.05, 0) is 57.4 Å². The molecule has 132 valence electrons. The monoisotopic (exact) mass is 331 g/mol. The van der Waals surface area contributed by atoms with Gasteiger partial charge >= 0.3 is 0 Å². The minimum Gasteiger partial charge on any atom is -0.395 e. The number of aryl methyl sites for hydroxylation is 2. The van der Waals surface area contributed by atoms with Crippen LogP contribution in [-0.4, -0.2) is 38.5 Å². The predicted octanol–water partition coefficient (Wildman–Crippen LogP) is 2.66. The van der Waals surface area contributed by atoms with E-state index in [1.807, 2.05) is 19.1 Å². The van der Waals surface area contributed by atoms with E-state index >= 15 is 0 Å². The van der Waals surface area contributed by atoms with E-state index in [2.05, 4.69) is 47.8 Å². The molecule has 2 aromatic heterocycles. The third kappa shape index (κ3) is 4.44. The molecular weight excluding hydrogens is 302 g/mol. The Morgan fingerprint density at radius 1 is 1.17 bits per heavy atom. The summed E-state index contributed by atoms with van der Waals surface area (Å²) in [5.41, 5.74) is 3.10. The first-order valence-electron chi connectivity index (χ1n) is 8.62. The van der Waals surface area contributed by atoms with E-state index in [9.17, 15) is 5.11 Å². The van der Waals surface area contributed by atoms with Crippen molar-refractivity contribution in [3.8, 4) is 5.82 Å². The highest BCUT2D eigenvalue weighted by Gasteiger charge is 2.17. The summed E-state index contributed by atoms with van der Waals surface area (Å²) in [6, 6.07) is 8.22. The van der Waals surface area contributed by atoms with E-state index in [4.69, 9.17) is 5.11 Å². The van der Waals surface area contributed by atoms with Gasteiger partial charge in [0.05, 0.1) is 12.7 Å². The number of hydrogen-bond acceptors (Lipinski definition) is 4. The molecule has 0 aliphatic carbocycles. The highest BCUT2D eigenvalue weighted by Crippen LogP contribution is 2.21. The summed E-state index contributed by atoms with van der Waals surface area (Å²) >= 11 is 0. The zero-order valence-electron chi connectivity index (χ0n) is 15.0. The molecule has 3 atom stereocenters. The lowest BCUT2D eigenvalue weighted by atomic mass is 10.0. The lowest BCUT2D eigenvalue weighted by molar-refractivity contribution is 0.142. The molecule has 2 rings (SSSR count). The second kappa shape index (κ2) is 8.42. The van der Waals surface area contributed by atoms with E-state index < -0.39 is 6.10 Å². The third-order valence-corrected chi connectivity index (χ3v) is 4.45. The summed E-state index contributed by atoms with van der Waals surface area (Å²) in [5.74, 6) is 0.866. The molecule has 2 aromatic rings. The summed E-state index contributed by atoms with van der Waals surface area (Å²) in [5, 5.41) is 23.0. The van der Waals surface area contributed by atoms with E-state index in [-0.39, 0.29) is 18.7 Å². The normalized spacial score (nSPS) is 15.2. The maximum absolute atomic E-state index is 10.5. The number of hydrogen-bond donors (Lipinski definition) is 3. The Hall–Kier alpha value is -1.69. The Kier molecular flexibility index (Phi) is 6.54. The molecule has 2 heterocycles.